The first-order valence-electron chi connectivity index (χ1n) is 9.55. The van der Waals surface area contributed by atoms with E-state index >= 15 is 0 Å². The SMILES string of the molecule is CC(C)Cc1nc(-c2ccc(CO)cc2)cnc1NC(=O)Cc1ccc(I)cc1. The van der Waals surface area contributed by atoms with Crippen molar-refractivity contribution in [2.24, 2.45) is 5.92 Å². The van der Waals surface area contributed by atoms with Crippen LogP contribution in [-0.2, 0) is 24.2 Å². The van der Waals surface area contributed by atoms with Crippen LogP contribution >= 0.6 is 22.6 Å². The van der Waals surface area contributed by atoms with Crippen molar-refractivity contribution in [3.8, 4) is 11.3 Å². The molecule has 5 nitrogen and oxygen atoms in total. The third-order valence-electron chi connectivity index (χ3n) is 4.41. The highest BCUT2D eigenvalue weighted by molar-refractivity contribution is 14.1. The van der Waals surface area contributed by atoms with Gasteiger partial charge in [0.1, 0.15) is 0 Å². The number of benzene rings is 2. The van der Waals surface area contributed by atoms with Crippen molar-refractivity contribution in [2.75, 3.05) is 5.32 Å². The van der Waals surface area contributed by atoms with Gasteiger partial charge in [0.25, 0.3) is 0 Å². The zero-order chi connectivity index (χ0) is 20.8. The molecule has 0 aliphatic rings. The predicted molar refractivity (Wildman–Crippen MR) is 123 cm³/mol. The van der Waals surface area contributed by atoms with Gasteiger partial charge in [-0.25, -0.2) is 9.97 Å². The normalized spacial score (nSPS) is 10.9. The highest BCUT2D eigenvalue weighted by atomic mass is 127. The van der Waals surface area contributed by atoms with Crippen molar-refractivity contribution in [1.29, 1.82) is 0 Å². The topological polar surface area (TPSA) is 75.1 Å². The number of nitrogens with zero attached hydrogens (tertiary/aromatic N) is 2. The molecule has 1 heterocycles. The van der Waals surface area contributed by atoms with Gasteiger partial charge in [-0.05, 0) is 58.2 Å². The van der Waals surface area contributed by atoms with Gasteiger partial charge in [0.2, 0.25) is 5.91 Å². The molecule has 6 heteroatoms. The maximum absolute atomic E-state index is 12.5. The molecule has 0 aliphatic carbocycles. The van der Waals surface area contributed by atoms with E-state index < -0.39 is 0 Å². The number of carbonyl (C=O) groups excluding carboxylic acids is 1. The Morgan fingerprint density at radius 1 is 1.07 bits per heavy atom. The highest BCUT2D eigenvalue weighted by Gasteiger charge is 2.14. The Bertz CT molecular complexity index is 970. The van der Waals surface area contributed by atoms with E-state index in [-0.39, 0.29) is 12.5 Å². The van der Waals surface area contributed by atoms with Crippen LogP contribution < -0.4 is 5.32 Å². The van der Waals surface area contributed by atoms with E-state index in [2.05, 4.69) is 46.7 Å². The molecule has 3 rings (SSSR count). The van der Waals surface area contributed by atoms with Gasteiger partial charge in [-0.15, -0.1) is 0 Å². The molecular formula is C23H24IN3O2. The molecule has 2 N–H and O–H groups in total. The fraction of sp³-hybridized carbons (Fsp3) is 0.261. The Kier molecular flexibility index (Phi) is 7.33. The first-order valence-corrected chi connectivity index (χ1v) is 10.6. The molecule has 0 fully saturated rings. The molecule has 0 saturated heterocycles. The summed E-state index contributed by atoms with van der Waals surface area (Å²) in [6.07, 6.45) is 2.69. The zero-order valence-electron chi connectivity index (χ0n) is 16.5. The van der Waals surface area contributed by atoms with Crippen molar-refractivity contribution < 1.29 is 9.90 Å². The number of halogens is 1. The molecule has 0 radical (unpaired) electrons. The molecule has 0 aliphatic heterocycles. The van der Waals surface area contributed by atoms with Crippen LogP contribution in [0.25, 0.3) is 11.3 Å². The van der Waals surface area contributed by atoms with Crippen molar-refractivity contribution in [1.82, 2.24) is 9.97 Å². The van der Waals surface area contributed by atoms with Crippen LogP contribution in [0.2, 0.25) is 0 Å². The number of hydrogen-bond donors (Lipinski definition) is 2. The fourth-order valence-corrected chi connectivity index (χ4v) is 3.30. The van der Waals surface area contributed by atoms with Gasteiger partial charge in [-0.3, -0.25) is 4.79 Å². The first-order chi connectivity index (χ1) is 13.9. The minimum Gasteiger partial charge on any atom is -0.392 e. The van der Waals surface area contributed by atoms with Gasteiger partial charge in [-0.2, -0.15) is 0 Å². The summed E-state index contributed by atoms with van der Waals surface area (Å²) in [4.78, 5) is 21.8. The van der Waals surface area contributed by atoms with E-state index in [1.165, 1.54) is 0 Å². The predicted octanol–water partition coefficient (Wildman–Crippen LogP) is 4.62. The van der Waals surface area contributed by atoms with Crippen LogP contribution in [0.1, 0.15) is 30.7 Å². The van der Waals surface area contributed by atoms with E-state index in [1.807, 2.05) is 48.5 Å². The lowest BCUT2D eigenvalue weighted by Gasteiger charge is -2.13. The van der Waals surface area contributed by atoms with E-state index in [1.54, 1.807) is 6.20 Å². The second-order valence-electron chi connectivity index (χ2n) is 7.35. The molecule has 1 amide bonds. The summed E-state index contributed by atoms with van der Waals surface area (Å²) >= 11 is 2.24. The molecule has 0 atom stereocenters. The third-order valence-corrected chi connectivity index (χ3v) is 5.13. The Morgan fingerprint density at radius 2 is 1.72 bits per heavy atom. The Balaban J connectivity index is 1.81. The largest absolute Gasteiger partial charge is 0.392 e. The molecule has 0 unspecified atom stereocenters. The molecule has 2 aromatic carbocycles. The summed E-state index contributed by atoms with van der Waals surface area (Å²) in [6, 6.07) is 15.5. The zero-order valence-corrected chi connectivity index (χ0v) is 18.7. The van der Waals surface area contributed by atoms with E-state index in [4.69, 9.17) is 4.98 Å². The Labute approximate surface area is 184 Å². The lowest BCUT2D eigenvalue weighted by molar-refractivity contribution is -0.115. The molecule has 3 aromatic rings. The number of carbonyl (C=O) groups is 1. The molecule has 1 aromatic heterocycles. The number of amides is 1. The summed E-state index contributed by atoms with van der Waals surface area (Å²) in [5.74, 6) is 0.790. The first kappa shape index (κ1) is 21.4. The highest BCUT2D eigenvalue weighted by Crippen LogP contribution is 2.22. The van der Waals surface area contributed by atoms with Crippen molar-refractivity contribution in [2.45, 2.75) is 33.3 Å². The third kappa shape index (κ3) is 6.08. The van der Waals surface area contributed by atoms with Crippen LogP contribution in [0, 0.1) is 9.49 Å². The number of aliphatic hydroxyl groups excluding tert-OH is 1. The summed E-state index contributed by atoms with van der Waals surface area (Å²) < 4.78 is 1.14. The minimum absolute atomic E-state index is 0.0100. The maximum Gasteiger partial charge on any atom is 0.229 e. The average Bonchev–Trinajstić information content (AvgIpc) is 2.71. The van der Waals surface area contributed by atoms with Crippen molar-refractivity contribution in [3.63, 3.8) is 0 Å². The lowest BCUT2D eigenvalue weighted by Crippen LogP contribution is -2.18. The van der Waals surface area contributed by atoms with E-state index in [9.17, 15) is 9.90 Å². The summed E-state index contributed by atoms with van der Waals surface area (Å²) in [7, 11) is 0. The Morgan fingerprint density at radius 3 is 2.34 bits per heavy atom. The maximum atomic E-state index is 12.5. The smallest absolute Gasteiger partial charge is 0.229 e. The van der Waals surface area contributed by atoms with Gasteiger partial charge >= 0.3 is 0 Å². The number of hydrogen-bond acceptors (Lipinski definition) is 4. The number of rotatable bonds is 7. The van der Waals surface area contributed by atoms with Gasteiger partial charge < -0.3 is 10.4 Å². The Hall–Kier alpha value is -2.32. The molecule has 0 bridgehead atoms. The van der Waals surface area contributed by atoms with Gasteiger partial charge in [0.05, 0.1) is 30.6 Å². The average molecular weight is 501 g/mol. The van der Waals surface area contributed by atoms with Crippen LogP contribution in [0.5, 0.6) is 0 Å². The lowest BCUT2D eigenvalue weighted by atomic mass is 10.1. The number of aromatic nitrogens is 2. The van der Waals surface area contributed by atoms with Crippen LogP contribution in [0.3, 0.4) is 0 Å². The standard InChI is InChI=1S/C23H24IN3O2/c1-15(2)11-20-23(27-22(29)12-16-5-9-19(24)10-6-16)25-13-21(26-20)18-7-3-17(14-28)4-8-18/h3-10,13,15,28H,11-12,14H2,1-2H3,(H,25,27,29). The van der Waals surface area contributed by atoms with Crippen molar-refractivity contribution in [3.05, 3.63) is 75.1 Å². The molecule has 0 spiro atoms. The monoisotopic (exact) mass is 501 g/mol. The van der Waals surface area contributed by atoms with E-state index in [0.29, 0.717) is 24.6 Å². The summed E-state index contributed by atoms with van der Waals surface area (Å²) in [6.45, 7) is 4.24. The summed E-state index contributed by atoms with van der Waals surface area (Å²) in [5.41, 5.74) is 4.27. The van der Waals surface area contributed by atoms with E-state index in [0.717, 1.165) is 31.6 Å². The molecule has 150 valence electrons. The van der Waals surface area contributed by atoms with Crippen LogP contribution in [-0.4, -0.2) is 21.0 Å². The van der Waals surface area contributed by atoms with Gasteiger partial charge in [0.15, 0.2) is 5.82 Å². The number of nitrogens with one attached hydrogen (secondary N) is 1. The second-order valence-corrected chi connectivity index (χ2v) is 8.60. The minimum atomic E-state index is -0.106. The van der Waals surface area contributed by atoms with Crippen molar-refractivity contribution >= 4 is 34.3 Å². The molecular weight excluding hydrogens is 477 g/mol. The van der Waals surface area contributed by atoms with Gasteiger partial charge in [0, 0.05) is 9.13 Å². The fourth-order valence-electron chi connectivity index (χ4n) is 2.94. The summed E-state index contributed by atoms with van der Waals surface area (Å²) in [5, 5.41) is 12.1. The quantitative estimate of drug-likeness (QED) is 0.464. The van der Waals surface area contributed by atoms with Crippen LogP contribution in [0.4, 0.5) is 5.82 Å². The molecule has 29 heavy (non-hydrogen) atoms. The van der Waals surface area contributed by atoms with Crippen LogP contribution in [0.15, 0.2) is 54.7 Å². The number of anilines is 1. The second kappa shape index (κ2) is 9.93. The number of aliphatic hydroxyl groups is 1. The van der Waals surface area contributed by atoms with Gasteiger partial charge in [-0.1, -0.05) is 50.2 Å². The molecule has 0 saturated carbocycles.